The minimum Gasteiger partial charge on any atom is -0.350 e. The molecule has 25 heavy (non-hydrogen) atoms. The van der Waals surface area contributed by atoms with E-state index in [-0.39, 0.29) is 12.5 Å². The van der Waals surface area contributed by atoms with Crippen molar-refractivity contribution in [2.75, 3.05) is 17.1 Å². The van der Waals surface area contributed by atoms with E-state index in [0.717, 1.165) is 21.7 Å². The molecule has 2 rings (SSSR count). The molecule has 0 saturated carbocycles. The van der Waals surface area contributed by atoms with Gasteiger partial charge in [0.1, 0.15) is 6.54 Å². The van der Waals surface area contributed by atoms with Gasteiger partial charge >= 0.3 is 0 Å². The number of hydrogen-bond acceptors (Lipinski definition) is 4. The fourth-order valence-electron chi connectivity index (χ4n) is 2.31. The Morgan fingerprint density at radius 1 is 1.12 bits per heavy atom. The van der Waals surface area contributed by atoms with Crippen LogP contribution in [0.5, 0.6) is 0 Å². The molecule has 1 aromatic heterocycles. The molecule has 134 valence electrons. The molecule has 1 amide bonds. The molecular formula is C18H23N3O3S. The molecule has 0 aliphatic heterocycles. The van der Waals surface area contributed by atoms with E-state index >= 15 is 0 Å². The van der Waals surface area contributed by atoms with Crippen molar-refractivity contribution in [3.8, 4) is 0 Å². The van der Waals surface area contributed by atoms with Crippen molar-refractivity contribution in [3.63, 3.8) is 0 Å². The second-order valence-electron chi connectivity index (χ2n) is 6.15. The van der Waals surface area contributed by atoms with Gasteiger partial charge in [-0.15, -0.1) is 0 Å². The number of anilines is 1. The summed E-state index contributed by atoms with van der Waals surface area (Å²) in [7, 11) is -3.57. The molecule has 0 aliphatic rings. The zero-order chi connectivity index (χ0) is 18.4. The van der Waals surface area contributed by atoms with Crippen LogP contribution >= 0.6 is 0 Å². The van der Waals surface area contributed by atoms with E-state index in [1.54, 1.807) is 36.7 Å². The number of carbonyl (C=O) groups is 1. The lowest BCUT2D eigenvalue weighted by Crippen LogP contribution is -2.40. The Balaban J connectivity index is 2.09. The van der Waals surface area contributed by atoms with Gasteiger partial charge in [-0.3, -0.25) is 14.1 Å². The van der Waals surface area contributed by atoms with E-state index in [4.69, 9.17) is 0 Å². The van der Waals surface area contributed by atoms with Gasteiger partial charge in [0.05, 0.1) is 11.9 Å². The maximum atomic E-state index is 12.2. The fraction of sp³-hybridized carbons (Fsp3) is 0.333. The van der Waals surface area contributed by atoms with Gasteiger partial charge in [0, 0.05) is 18.9 Å². The number of carbonyl (C=O) groups excluding carboxylic acids is 1. The highest BCUT2D eigenvalue weighted by Gasteiger charge is 2.20. The number of benzene rings is 1. The van der Waals surface area contributed by atoms with Crippen LogP contribution in [-0.2, 0) is 21.4 Å². The van der Waals surface area contributed by atoms with Crippen LogP contribution in [-0.4, -0.2) is 32.1 Å². The van der Waals surface area contributed by atoms with Crippen LogP contribution in [0.3, 0.4) is 0 Å². The predicted molar refractivity (Wildman–Crippen MR) is 98.8 cm³/mol. The van der Waals surface area contributed by atoms with Gasteiger partial charge in [-0.2, -0.15) is 0 Å². The van der Waals surface area contributed by atoms with E-state index in [1.165, 1.54) is 0 Å². The van der Waals surface area contributed by atoms with Crippen LogP contribution in [0.25, 0.3) is 0 Å². The van der Waals surface area contributed by atoms with E-state index in [0.29, 0.717) is 18.2 Å². The van der Waals surface area contributed by atoms with Gasteiger partial charge < -0.3 is 5.32 Å². The lowest BCUT2D eigenvalue weighted by molar-refractivity contribution is -0.119. The number of rotatable bonds is 7. The summed E-state index contributed by atoms with van der Waals surface area (Å²) in [5.74, 6) is -0.0143. The number of hydrogen-bond donors (Lipinski definition) is 1. The van der Waals surface area contributed by atoms with Crippen LogP contribution < -0.4 is 9.62 Å². The standard InChI is InChI=1S/C18H23N3O3S/c1-14(2)16-4-6-17(7-5-16)21(25(3,23)24)13-18(22)20-12-15-8-10-19-11-9-15/h4-11,14H,12-13H2,1-3H3,(H,20,22). The average Bonchev–Trinajstić information content (AvgIpc) is 2.58. The van der Waals surface area contributed by atoms with Gasteiger partial charge in [-0.1, -0.05) is 26.0 Å². The molecule has 0 bridgehead atoms. The molecule has 1 heterocycles. The fourth-order valence-corrected chi connectivity index (χ4v) is 3.17. The summed E-state index contributed by atoms with van der Waals surface area (Å²) < 4.78 is 25.3. The number of amides is 1. The first-order chi connectivity index (χ1) is 11.8. The van der Waals surface area contributed by atoms with Crippen molar-refractivity contribution in [3.05, 3.63) is 59.9 Å². The lowest BCUT2D eigenvalue weighted by Gasteiger charge is -2.22. The molecule has 2 aromatic rings. The van der Waals surface area contributed by atoms with Gasteiger partial charge in [-0.05, 0) is 41.3 Å². The zero-order valence-corrected chi connectivity index (χ0v) is 15.5. The molecule has 1 aromatic carbocycles. The first kappa shape index (κ1) is 18.9. The summed E-state index contributed by atoms with van der Waals surface area (Å²) >= 11 is 0. The molecule has 1 N–H and O–H groups in total. The third-order valence-electron chi connectivity index (χ3n) is 3.77. The molecular weight excluding hydrogens is 338 g/mol. The monoisotopic (exact) mass is 361 g/mol. The van der Waals surface area contributed by atoms with Gasteiger partial charge in [-0.25, -0.2) is 8.42 Å². The van der Waals surface area contributed by atoms with Crippen molar-refractivity contribution in [2.24, 2.45) is 0 Å². The number of nitrogens with zero attached hydrogens (tertiary/aromatic N) is 2. The van der Waals surface area contributed by atoms with E-state index < -0.39 is 10.0 Å². The molecule has 0 aliphatic carbocycles. The van der Waals surface area contributed by atoms with Crippen molar-refractivity contribution in [1.29, 1.82) is 0 Å². The van der Waals surface area contributed by atoms with Crippen LogP contribution in [0.2, 0.25) is 0 Å². The van der Waals surface area contributed by atoms with Crippen LogP contribution in [0.1, 0.15) is 30.9 Å². The molecule has 0 radical (unpaired) electrons. The van der Waals surface area contributed by atoms with Crippen LogP contribution in [0.4, 0.5) is 5.69 Å². The summed E-state index contributed by atoms with van der Waals surface area (Å²) in [5.41, 5.74) is 2.49. The number of sulfonamides is 1. The third-order valence-corrected chi connectivity index (χ3v) is 4.91. The predicted octanol–water partition coefficient (Wildman–Crippen LogP) is 2.29. The number of nitrogens with one attached hydrogen (secondary N) is 1. The quantitative estimate of drug-likeness (QED) is 0.821. The molecule has 7 heteroatoms. The maximum absolute atomic E-state index is 12.2. The third kappa shape index (κ3) is 5.56. The number of aromatic nitrogens is 1. The zero-order valence-electron chi connectivity index (χ0n) is 14.6. The second kappa shape index (κ2) is 8.11. The van der Waals surface area contributed by atoms with Crippen molar-refractivity contribution >= 4 is 21.6 Å². The molecule has 6 nitrogen and oxygen atoms in total. The topological polar surface area (TPSA) is 79.4 Å². The highest BCUT2D eigenvalue weighted by molar-refractivity contribution is 7.92. The molecule has 0 spiro atoms. The Morgan fingerprint density at radius 3 is 2.24 bits per heavy atom. The minimum absolute atomic E-state index is 0.259. The van der Waals surface area contributed by atoms with Crippen molar-refractivity contribution in [2.45, 2.75) is 26.3 Å². The van der Waals surface area contributed by atoms with E-state index in [2.05, 4.69) is 24.1 Å². The summed E-state index contributed by atoms with van der Waals surface area (Å²) in [6.07, 6.45) is 4.38. The number of pyridine rings is 1. The minimum atomic E-state index is -3.57. The Kier molecular flexibility index (Phi) is 6.14. The van der Waals surface area contributed by atoms with E-state index in [1.807, 2.05) is 12.1 Å². The second-order valence-corrected chi connectivity index (χ2v) is 8.05. The van der Waals surface area contributed by atoms with Gasteiger partial charge in [0.2, 0.25) is 15.9 Å². The average molecular weight is 361 g/mol. The molecule has 0 atom stereocenters. The van der Waals surface area contributed by atoms with Crippen LogP contribution in [0.15, 0.2) is 48.8 Å². The maximum Gasteiger partial charge on any atom is 0.241 e. The first-order valence-corrected chi connectivity index (χ1v) is 9.85. The van der Waals surface area contributed by atoms with Gasteiger partial charge in [0.25, 0.3) is 0 Å². The van der Waals surface area contributed by atoms with Crippen molar-refractivity contribution in [1.82, 2.24) is 10.3 Å². The normalized spacial score (nSPS) is 11.4. The summed E-state index contributed by atoms with van der Waals surface area (Å²) in [6.45, 7) is 4.20. The van der Waals surface area contributed by atoms with Gasteiger partial charge in [0.15, 0.2) is 0 Å². The SMILES string of the molecule is CC(C)c1ccc(N(CC(=O)NCc2ccncc2)S(C)(=O)=O)cc1. The highest BCUT2D eigenvalue weighted by Crippen LogP contribution is 2.21. The lowest BCUT2D eigenvalue weighted by atomic mass is 10.0. The Hall–Kier alpha value is -2.41. The smallest absolute Gasteiger partial charge is 0.241 e. The summed E-state index contributed by atoms with van der Waals surface area (Å²) in [6, 6.07) is 10.8. The highest BCUT2D eigenvalue weighted by atomic mass is 32.2. The molecule has 0 saturated heterocycles. The Morgan fingerprint density at radius 2 is 1.72 bits per heavy atom. The summed E-state index contributed by atoms with van der Waals surface area (Å²) in [4.78, 5) is 16.1. The van der Waals surface area contributed by atoms with Crippen LogP contribution in [0, 0.1) is 0 Å². The molecule has 0 fully saturated rings. The first-order valence-electron chi connectivity index (χ1n) is 8.00. The Bertz CT molecular complexity index is 803. The van der Waals surface area contributed by atoms with E-state index in [9.17, 15) is 13.2 Å². The Labute approximate surface area is 148 Å². The molecule has 0 unspecified atom stereocenters. The summed E-state index contributed by atoms with van der Waals surface area (Å²) in [5, 5.41) is 2.73. The largest absolute Gasteiger partial charge is 0.350 e. The van der Waals surface area contributed by atoms with Crippen molar-refractivity contribution < 1.29 is 13.2 Å².